The number of rotatable bonds is 3. The maximum Gasteiger partial charge on any atom is 0.251 e. The lowest BCUT2D eigenvalue weighted by Gasteiger charge is -2.20. The molecule has 0 radical (unpaired) electrons. The summed E-state index contributed by atoms with van der Waals surface area (Å²) in [5.74, 6) is 0.0550. The van der Waals surface area contributed by atoms with E-state index >= 15 is 0 Å². The van der Waals surface area contributed by atoms with Crippen molar-refractivity contribution in [1.29, 1.82) is 0 Å². The predicted molar refractivity (Wildman–Crippen MR) is 86.6 cm³/mol. The van der Waals surface area contributed by atoms with E-state index in [0.717, 1.165) is 27.8 Å². The molecule has 1 heterocycles. The fourth-order valence-corrected chi connectivity index (χ4v) is 3.37. The number of benzene rings is 1. The first kappa shape index (κ1) is 14.8. The van der Waals surface area contributed by atoms with Crippen molar-refractivity contribution < 1.29 is 4.79 Å². The second-order valence-corrected chi connectivity index (χ2v) is 6.63. The lowest BCUT2D eigenvalue weighted by Crippen LogP contribution is -2.38. The zero-order valence-corrected chi connectivity index (χ0v) is 14.0. The molecule has 1 saturated heterocycles. The summed E-state index contributed by atoms with van der Waals surface area (Å²) in [7, 11) is 2.13. The third-order valence-corrected chi connectivity index (χ3v) is 4.67. The van der Waals surface area contributed by atoms with Crippen molar-refractivity contribution in [3.63, 3.8) is 0 Å². The van der Waals surface area contributed by atoms with Crippen molar-refractivity contribution in [3.8, 4) is 0 Å². The Morgan fingerprint density at radius 3 is 2.84 bits per heavy atom. The van der Waals surface area contributed by atoms with Crippen LogP contribution in [0.1, 0.15) is 34.3 Å². The van der Waals surface area contributed by atoms with Gasteiger partial charge in [0.15, 0.2) is 0 Å². The van der Waals surface area contributed by atoms with Crippen LogP contribution in [-0.2, 0) is 0 Å². The van der Waals surface area contributed by atoms with Crippen LogP contribution in [0.25, 0.3) is 0 Å². The number of nitrogens with one attached hydrogen (secondary N) is 1. The van der Waals surface area contributed by atoms with Crippen LogP contribution in [0, 0.1) is 17.4 Å². The highest BCUT2D eigenvalue weighted by Gasteiger charge is 2.21. The molecule has 1 fully saturated rings. The van der Waals surface area contributed by atoms with Gasteiger partial charge in [-0.25, -0.2) is 0 Å². The molecule has 0 aromatic heterocycles. The number of nitrogens with zero attached hydrogens (tertiary/aromatic N) is 1. The average Bonchev–Trinajstić information content (AvgIpc) is 2.76. The Hall–Kier alpha value is -0.620. The fourth-order valence-electron chi connectivity index (χ4n) is 2.59. The summed E-state index contributed by atoms with van der Waals surface area (Å²) in [4.78, 5) is 14.6. The fraction of sp³-hybridized carbons (Fsp3) is 0.533. The monoisotopic (exact) mass is 372 g/mol. The Labute approximate surface area is 128 Å². The number of amides is 1. The summed E-state index contributed by atoms with van der Waals surface area (Å²) in [5.41, 5.74) is 3.07. The summed E-state index contributed by atoms with van der Waals surface area (Å²) in [6, 6.07) is 4.57. The number of halogens is 1. The van der Waals surface area contributed by atoms with Gasteiger partial charge in [-0.1, -0.05) is 0 Å². The van der Waals surface area contributed by atoms with Crippen LogP contribution in [0.4, 0.5) is 0 Å². The zero-order chi connectivity index (χ0) is 14.0. The Kier molecular flexibility index (Phi) is 4.84. The van der Waals surface area contributed by atoms with Gasteiger partial charge >= 0.3 is 0 Å². The SMILES string of the molecule is Cc1cc(I)cc(C(=O)NCC2CCCN2C)c1C. The van der Waals surface area contributed by atoms with E-state index in [9.17, 15) is 4.79 Å². The lowest BCUT2D eigenvalue weighted by molar-refractivity contribution is 0.0943. The molecule has 1 aromatic rings. The van der Waals surface area contributed by atoms with Gasteiger partial charge in [0.1, 0.15) is 0 Å². The predicted octanol–water partition coefficient (Wildman–Crippen LogP) is 2.73. The molecule has 104 valence electrons. The minimum Gasteiger partial charge on any atom is -0.350 e. The number of aryl methyl sites for hydroxylation is 1. The third kappa shape index (κ3) is 3.48. The molecule has 1 N–H and O–H groups in total. The van der Waals surface area contributed by atoms with E-state index in [2.05, 4.69) is 52.8 Å². The van der Waals surface area contributed by atoms with E-state index in [-0.39, 0.29) is 5.91 Å². The molecular formula is C15H21IN2O. The molecular weight excluding hydrogens is 351 g/mol. The van der Waals surface area contributed by atoms with E-state index in [1.807, 2.05) is 13.0 Å². The molecule has 1 unspecified atom stereocenters. The summed E-state index contributed by atoms with van der Waals surface area (Å²) < 4.78 is 1.11. The minimum absolute atomic E-state index is 0.0550. The van der Waals surface area contributed by atoms with Gasteiger partial charge in [0.2, 0.25) is 0 Å². The van der Waals surface area contributed by atoms with Crippen LogP contribution in [0.5, 0.6) is 0 Å². The van der Waals surface area contributed by atoms with Gasteiger partial charge < -0.3 is 10.2 Å². The molecule has 0 bridgehead atoms. The first-order valence-corrected chi connectivity index (χ1v) is 7.82. The highest BCUT2D eigenvalue weighted by Crippen LogP contribution is 2.18. The number of likely N-dealkylation sites (N-methyl/N-ethyl adjacent to an activating group) is 1. The molecule has 4 heteroatoms. The first-order valence-electron chi connectivity index (χ1n) is 6.74. The lowest BCUT2D eigenvalue weighted by atomic mass is 10.0. The number of likely N-dealkylation sites (tertiary alicyclic amines) is 1. The minimum atomic E-state index is 0.0550. The summed E-state index contributed by atoms with van der Waals surface area (Å²) in [5, 5.41) is 3.08. The van der Waals surface area contributed by atoms with Gasteiger partial charge in [-0.3, -0.25) is 4.79 Å². The van der Waals surface area contributed by atoms with Gasteiger partial charge in [-0.05, 0) is 86.1 Å². The second-order valence-electron chi connectivity index (χ2n) is 5.38. The van der Waals surface area contributed by atoms with E-state index in [0.29, 0.717) is 6.04 Å². The van der Waals surface area contributed by atoms with Gasteiger partial charge in [0.25, 0.3) is 5.91 Å². The largest absolute Gasteiger partial charge is 0.350 e. The highest BCUT2D eigenvalue weighted by molar-refractivity contribution is 14.1. The average molecular weight is 372 g/mol. The van der Waals surface area contributed by atoms with Gasteiger partial charge in [0.05, 0.1) is 0 Å². The molecule has 2 rings (SSSR count). The van der Waals surface area contributed by atoms with Crippen LogP contribution >= 0.6 is 22.6 Å². The standard InChI is InChI=1S/C15H21IN2O/c1-10-7-12(16)8-14(11(10)2)15(19)17-9-13-5-4-6-18(13)3/h7-8,13H,4-6,9H2,1-3H3,(H,17,19). The quantitative estimate of drug-likeness (QED) is 0.828. The normalized spacial score (nSPS) is 19.7. The Bertz CT molecular complexity index is 487. The molecule has 0 spiro atoms. The Morgan fingerprint density at radius 2 is 2.21 bits per heavy atom. The molecule has 0 saturated carbocycles. The van der Waals surface area contributed by atoms with Crippen molar-refractivity contribution in [2.75, 3.05) is 20.1 Å². The maximum atomic E-state index is 12.3. The van der Waals surface area contributed by atoms with Gasteiger partial charge in [-0.15, -0.1) is 0 Å². The number of hydrogen-bond acceptors (Lipinski definition) is 2. The van der Waals surface area contributed by atoms with Gasteiger partial charge in [0, 0.05) is 21.7 Å². The number of hydrogen-bond donors (Lipinski definition) is 1. The van der Waals surface area contributed by atoms with Crippen LogP contribution in [0.15, 0.2) is 12.1 Å². The van der Waals surface area contributed by atoms with E-state index in [1.54, 1.807) is 0 Å². The van der Waals surface area contributed by atoms with E-state index < -0.39 is 0 Å². The highest BCUT2D eigenvalue weighted by atomic mass is 127. The van der Waals surface area contributed by atoms with Crippen molar-refractivity contribution in [2.24, 2.45) is 0 Å². The van der Waals surface area contributed by atoms with Crippen LogP contribution in [-0.4, -0.2) is 37.0 Å². The molecule has 3 nitrogen and oxygen atoms in total. The van der Waals surface area contributed by atoms with Crippen molar-refractivity contribution in [2.45, 2.75) is 32.7 Å². The van der Waals surface area contributed by atoms with E-state index in [1.165, 1.54) is 18.4 Å². The third-order valence-electron chi connectivity index (χ3n) is 4.05. The smallest absolute Gasteiger partial charge is 0.251 e. The second kappa shape index (κ2) is 6.22. The number of carbonyl (C=O) groups is 1. The van der Waals surface area contributed by atoms with Crippen LogP contribution in [0.2, 0.25) is 0 Å². The molecule has 1 aliphatic rings. The maximum absolute atomic E-state index is 12.3. The van der Waals surface area contributed by atoms with Crippen LogP contribution in [0.3, 0.4) is 0 Å². The summed E-state index contributed by atoms with van der Waals surface area (Å²) in [6.45, 7) is 5.96. The van der Waals surface area contributed by atoms with Gasteiger partial charge in [-0.2, -0.15) is 0 Å². The van der Waals surface area contributed by atoms with E-state index in [4.69, 9.17) is 0 Å². The first-order chi connectivity index (χ1) is 8.99. The summed E-state index contributed by atoms with van der Waals surface area (Å²) in [6.07, 6.45) is 2.42. The molecule has 19 heavy (non-hydrogen) atoms. The molecule has 0 aliphatic carbocycles. The Balaban J connectivity index is 2.04. The van der Waals surface area contributed by atoms with Crippen LogP contribution < -0.4 is 5.32 Å². The zero-order valence-electron chi connectivity index (χ0n) is 11.8. The van der Waals surface area contributed by atoms with Crippen molar-refractivity contribution >= 4 is 28.5 Å². The summed E-state index contributed by atoms with van der Waals surface area (Å²) >= 11 is 2.26. The topological polar surface area (TPSA) is 32.3 Å². The molecule has 1 amide bonds. The molecule has 1 atom stereocenters. The Morgan fingerprint density at radius 1 is 1.47 bits per heavy atom. The van der Waals surface area contributed by atoms with Crippen molar-refractivity contribution in [1.82, 2.24) is 10.2 Å². The van der Waals surface area contributed by atoms with Crippen molar-refractivity contribution in [3.05, 3.63) is 32.4 Å². The number of carbonyl (C=O) groups excluding carboxylic acids is 1. The molecule has 1 aliphatic heterocycles. The molecule has 1 aromatic carbocycles.